The zero-order valence-corrected chi connectivity index (χ0v) is 15.5. The van der Waals surface area contributed by atoms with Crippen LogP contribution in [0.15, 0.2) is 29.3 Å². The number of nitrogens with one attached hydrogen (secondary N) is 1. The molecule has 3 rings (SSSR count). The monoisotopic (exact) mass is 344 g/mol. The molecule has 138 valence electrons. The number of hydrogen-bond donors (Lipinski definition) is 2. The average Bonchev–Trinajstić information content (AvgIpc) is 2.64. The lowest BCUT2D eigenvalue weighted by atomic mass is 9.73. The van der Waals surface area contributed by atoms with E-state index >= 15 is 0 Å². The predicted octanol–water partition coefficient (Wildman–Crippen LogP) is 3.00. The maximum absolute atomic E-state index is 6.16. The van der Waals surface area contributed by atoms with Gasteiger partial charge in [0.15, 0.2) is 5.96 Å². The van der Waals surface area contributed by atoms with Gasteiger partial charge in [-0.3, -0.25) is 9.89 Å². The van der Waals surface area contributed by atoms with E-state index in [1.807, 2.05) is 12.1 Å². The number of aryl methyl sites for hydroxylation is 1. The van der Waals surface area contributed by atoms with Crippen LogP contribution < -0.4 is 11.1 Å². The number of rotatable bonds is 5. The number of guanidine groups is 1. The minimum absolute atomic E-state index is 0.273. The van der Waals surface area contributed by atoms with Gasteiger partial charge in [0, 0.05) is 37.3 Å². The molecule has 0 atom stereocenters. The van der Waals surface area contributed by atoms with Gasteiger partial charge in [0.25, 0.3) is 0 Å². The van der Waals surface area contributed by atoms with E-state index in [1.54, 1.807) is 0 Å². The van der Waals surface area contributed by atoms with Crippen molar-refractivity contribution in [3.63, 3.8) is 0 Å². The first-order valence-corrected chi connectivity index (χ1v) is 9.59. The fraction of sp³-hybridized carbons (Fsp3) is 0.650. The molecule has 0 amide bonds. The average molecular weight is 345 g/mol. The summed E-state index contributed by atoms with van der Waals surface area (Å²) in [5.74, 6) is 0.524. The van der Waals surface area contributed by atoms with Gasteiger partial charge in [0.1, 0.15) is 0 Å². The summed E-state index contributed by atoms with van der Waals surface area (Å²) < 4.78 is 5.50. The quantitative estimate of drug-likeness (QED) is 0.637. The highest BCUT2D eigenvalue weighted by Gasteiger charge is 2.34. The first-order valence-electron chi connectivity index (χ1n) is 9.59. The minimum atomic E-state index is 0.273. The SMILES string of the molecule is Cc1ccc(NC(N)=NCC2(CN3CCOCC3)CCCCC2)cc1. The van der Waals surface area contributed by atoms with Crippen molar-refractivity contribution in [2.24, 2.45) is 16.1 Å². The molecule has 0 radical (unpaired) electrons. The molecule has 0 unspecified atom stereocenters. The van der Waals surface area contributed by atoms with E-state index in [0.29, 0.717) is 5.96 Å². The fourth-order valence-electron chi connectivity index (χ4n) is 3.98. The predicted molar refractivity (Wildman–Crippen MR) is 104 cm³/mol. The van der Waals surface area contributed by atoms with Crippen molar-refractivity contribution >= 4 is 11.6 Å². The molecule has 1 aliphatic carbocycles. The number of benzene rings is 1. The normalized spacial score (nSPS) is 21.9. The molecule has 5 nitrogen and oxygen atoms in total. The van der Waals surface area contributed by atoms with Crippen LogP contribution in [0.5, 0.6) is 0 Å². The summed E-state index contributed by atoms with van der Waals surface area (Å²) in [5.41, 5.74) is 8.67. The van der Waals surface area contributed by atoms with Gasteiger partial charge in [-0.2, -0.15) is 0 Å². The smallest absolute Gasteiger partial charge is 0.193 e. The lowest BCUT2D eigenvalue weighted by Gasteiger charge is -2.41. The Kier molecular flexibility index (Phi) is 6.32. The van der Waals surface area contributed by atoms with Gasteiger partial charge in [0.05, 0.1) is 13.2 Å². The summed E-state index contributed by atoms with van der Waals surface area (Å²) in [6, 6.07) is 8.25. The van der Waals surface area contributed by atoms with Gasteiger partial charge in [-0.25, -0.2) is 0 Å². The second kappa shape index (κ2) is 8.68. The third-order valence-electron chi connectivity index (χ3n) is 5.49. The Balaban J connectivity index is 1.61. The highest BCUT2D eigenvalue weighted by molar-refractivity contribution is 5.92. The van der Waals surface area contributed by atoms with E-state index < -0.39 is 0 Å². The molecule has 1 aromatic carbocycles. The number of anilines is 1. The lowest BCUT2D eigenvalue weighted by Crippen LogP contribution is -2.46. The standard InChI is InChI=1S/C20H32N4O/c1-17-5-7-18(8-6-17)23-19(21)22-15-20(9-3-2-4-10-20)16-24-11-13-25-14-12-24/h5-8H,2-4,9-16H2,1H3,(H3,21,22,23). The highest BCUT2D eigenvalue weighted by atomic mass is 16.5. The van der Waals surface area contributed by atoms with Crippen molar-refractivity contribution in [3.8, 4) is 0 Å². The van der Waals surface area contributed by atoms with Crippen LogP contribution in [0.3, 0.4) is 0 Å². The Hall–Kier alpha value is -1.59. The Morgan fingerprint density at radius 1 is 1.16 bits per heavy atom. The molecule has 1 aromatic rings. The third kappa shape index (κ3) is 5.44. The molecular weight excluding hydrogens is 312 g/mol. The summed E-state index contributed by atoms with van der Waals surface area (Å²) in [5, 5.41) is 3.22. The molecule has 3 N–H and O–H groups in total. The molecule has 1 heterocycles. The van der Waals surface area contributed by atoms with Crippen LogP contribution >= 0.6 is 0 Å². The van der Waals surface area contributed by atoms with Gasteiger partial charge in [-0.05, 0) is 31.9 Å². The van der Waals surface area contributed by atoms with Crippen molar-refractivity contribution in [3.05, 3.63) is 29.8 Å². The van der Waals surface area contributed by atoms with Crippen molar-refractivity contribution in [2.75, 3.05) is 44.7 Å². The summed E-state index contributed by atoms with van der Waals surface area (Å²) in [4.78, 5) is 7.28. The summed E-state index contributed by atoms with van der Waals surface area (Å²) in [7, 11) is 0. The van der Waals surface area contributed by atoms with E-state index in [4.69, 9.17) is 15.5 Å². The Bertz CT molecular complexity index is 558. The molecule has 0 aromatic heterocycles. The second-order valence-electron chi connectivity index (χ2n) is 7.64. The molecule has 5 heteroatoms. The maximum Gasteiger partial charge on any atom is 0.193 e. The van der Waals surface area contributed by atoms with E-state index in [1.165, 1.54) is 37.7 Å². The number of morpholine rings is 1. The van der Waals surface area contributed by atoms with E-state index in [-0.39, 0.29) is 5.41 Å². The Labute approximate surface area is 151 Å². The van der Waals surface area contributed by atoms with E-state index in [9.17, 15) is 0 Å². The molecule has 0 bridgehead atoms. The van der Waals surface area contributed by atoms with Crippen LogP contribution in [0.1, 0.15) is 37.7 Å². The van der Waals surface area contributed by atoms with Crippen LogP contribution in [-0.2, 0) is 4.74 Å². The van der Waals surface area contributed by atoms with Crippen LogP contribution in [0.4, 0.5) is 5.69 Å². The highest BCUT2D eigenvalue weighted by Crippen LogP contribution is 2.37. The molecule has 2 fully saturated rings. The Morgan fingerprint density at radius 2 is 1.84 bits per heavy atom. The number of aliphatic imine (C=N–C) groups is 1. The number of nitrogens with zero attached hydrogens (tertiary/aromatic N) is 2. The maximum atomic E-state index is 6.16. The summed E-state index contributed by atoms with van der Waals surface area (Å²) in [6.07, 6.45) is 6.49. The van der Waals surface area contributed by atoms with E-state index in [2.05, 4.69) is 29.3 Å². The summed E-state index contributed by atoms with van der Waals surface area (Å²) in [6.45, 7) is 7.82. The van der Waals surface area contributed by atoms with Crippen LogP contribution in [0.2, 0.25) is 0 Å². The van der Waals surface area contributed by atoms with Crippen molar-refractivity contribution in [1.29, 1.82) is 0 Å². The van der Waals surface area contributed by atoms with Crippen LogP contribution in [-0.4, -0.2) is 50.3 Å². The zero-order valence-electron chi connectivity index (χ0n) is 15.5. The van der Waals surface area contributed by atoms with Gasteiger partial charge in [-0.1, -0.05) is 37.0 Å². The van der Waals surface area contributed by atoms with Gasteiger partial charge < -0.3 is 15.8 Å². The molecule has 1 aliphatic heterocycles. The molecule has 2 aliphatic rings. The molecule has 0 spiro atoms. The molecule has 1 saturated carbocycles. The number of ether oxygens (including phenoxy) is 1. The van der Waals surface area contributed by atoms with E-state index in [0.717, 1.165) is 45.1 Å². The molecular formula is C20H32N4O. The van der Waals surface area contributed by atoms with Crippen molar-refractivity contribution in [2.45, 2.75) is 39.0 Å². The third-order valence-corrected chi connectivity index (χ3v) is 5.49. The zero-order chi connectivity index (χ0) is 17.5. The lowest BCUT2D eigenvalue weighted by molar-refractivity contribution is 0.00940. The topological polar surface area (TPSA) is 62.9 Å². The van der Waals surface area contributed by atoms with Gasteiger partial charge in [0.2, 0.25) is 0 Å². The summed E-state index contributed by atoms with van der Waals surface area (Å²) >= 11 is 0. The second-order valence-corrected chi connectivity index (χ2v) is 7.64. The number of nitrogens with two attached hydrogens (primary N) is 1. The number of hydrogen-bond acceptors (Lipinski definition) is 3. The first kappa shape index (κ1) is 18.2. The molecule has 1 saturated heterocycles. The van der Waals surface area contributed by atoms with Gasteiger partial charge in [-0.15, -0.1) is 0 Å². The van der Waals surface area contributed by atoms with Crippen LogP contribution in [0, 0.1) is 12.3 Å². The molecule has 25 heavy (non-hydrogen) atoms. The van der Waals surface area contributed by atoms with Gasteiger partial charge >= 0.3 is 0 Å². The van der Waals surface area contributed by atoms with Crippen molar-refractivity contribution < 1.29 is 4.74 Å². The Morgan fingerprint density at radius 3 is 2.52 bits per heavy atom. The largest absolute Gasteiger partial charge is 0.379 e. The fourth-order valence-corrected chi connectivity index (χ4v) is 3.98. The first-order chi connectivity index (χ1) is 12.2. The van der Waals surface area contributed by atoms with Crippen molar-refractivity contribution in [1.82, 2.24) is 4.90 Å². The van der Waals surface area contributed by atoms with Crippen LogP contribution in [0.25, 0.3) is 0 Å². The minimum Gasteiger partial charge on any atom is -0.379 e.